The number of aromatic amines is 1. The molecule has 1 aliphatic heterocycles. The molecule has 6 nitrogen and oxygen atoms in total. The number of fused-ring (bicyclic) bond motifs is 1. The molecule has 1 fully saturated rings. The molecular formula is C21H16F3N3O3. The van der Waals surface area contributed by atoms with Gasteiger partial charge in [0, 0.05) is 23.6 Å². The molecule has 0 unspecified atom stereocenters. The van der Waals surface area contributed by atoms with Crippen molar-refractivity contribution in [1.29, 1.82) is 0 Å². The lowest BCUT2D eigenvalue weighted by Crippen LogP contribution is -2.40. The number of rotatable bonds is 5. The first kappa shape index (κ1) is 19.7. The van der Waals surface area contributed by atoms with Crippen molar-refractivity contribution in [3.8, 4) is 11.3 Å². The first-order valence-electron chi connectivity index (χ1n) is 9.20. The van der Waals surface area contributed by atoms with Crippen molar-refractivity contribution in [3.05, 3.63) is 59.4 Å². The fourth-order valence-corrected chi connectivity index (χ4v) is 3.57. The third-order valence-electron chi connectivity index (χ3n) is 4.97. The monoisotopic (exact) mass is 415 g/mol. The van der Waals surface area contributed by atoms with Gasteiger partial charge in [-0.15, -0.1) is 0 Å². The molecule has 0 bridgehead atoms. The van der Waals surface area contributed by atoms with Gasteiger partial charge in [0.2, 0.25) is 17.7 Å². The molecule has 1 aliphatic rings. The highest BCUT2D eigenvalue weighted by Crippen LogP contribution is 2.33. The van der Waals surface area contributed by atoms with Gasteiger partial charge in [-0.25, -0.2) is 13.2 Å². The van der Waals surface area contributed by atoms with E-state index in [0.717, 1.165) is 12.1 Å². The molecule has 0 radical (unpaired) electrons. The topological polar surface area (TPSA) is 91.1 Å². The second-order valence-corrected chi connectivity index (χ2v) is 7.03. The zero-order valence-electron chi connectivity index (χ0n) is 15.5. The maximum absolute atomic E-state index is 14.3. The Hall–Kier alpha value is -3.62. The van der Waals surface area contributed by atoms with E-state index in [9.17, 15) is 27.6 Å². The van der Waals surface area contributed by atoms with Crippen molar-refractivity contribution in [2.75, 3.05) is 0 Å². The van der Waals surface area contributed by atoms with Crippen LogP contribution in [0.2, 0.25) is 0 Å². The fourth-order valence-electron chi connectivity index (χ4n) is 3.57. The lowest BCUT2D eigenvalue weighted by atomic mass is 10.0. The average Bonchev–Trinajstić information content (AvgIpc) is 3.20. The molecule has 0 spiro atoms. The Morgan fingerprint density at radius 2 is 1.80 bits per heavy atom. The van der Waals surface area contributed by atoms with Crippen molar-refractivity contribution in [3.63, 3.8) is 0 Å². The molecule has 1 atom stereocenters. The van der Waals surface area contributed by atoms with Gasteiger partial charge in [0.15, 0.2) is 0 Å². The van der Waals surface area contributed by atoms with Crippen LogP contribution in [0.25, 0.3) is 22.2 Å². The normalized spacial score (nSPS) is 16.2. The predicted octanol–water partition coefficient (Wildman–Crippen LogP) is 2.72. The van der Waals surface area contributed by atoms with Gasteiger partial charge in [-0.3, -0.25) is 19.7 Å². The Morgan fingerprint density at radius 1 is 1.07 bits per heavy atom. The number of nitrogens with one attached hydrogen (secondary N) is 3. The summed E-state index contributed by atoms with van der Waals surface area (Å²) in [6, 6.07) is 6.45. The van der Waals surface area contributed by atoms with Crippen molar-refractivity contribution in [1.82, 2.24) is 15.6 Å². The summed E-state index contributed by atoms with van der Waals surface area (Å²) < 4.78 is 41.4. The highest BCUT2D eigenvalue weighted by atomic mass is 19.1. The number of imide groups is 1. The molecule has 30 heavy (non-hydrogen) atoms. The molecule has 9 heteroatoms. The second kappa shape index (κ2) is 7.66. The van der Waals surface area contributed by atoms with Crippen LogP contribution in [0.5, 0.6) is 0 Å². The van der Waals surface area contributed by atoms with Crippen LogP contribution >= 0.6 is 0 Å². The summed E-state index contributed by atoms with van der Waals surface area (Å²) in [5.41, 5.74) is 1.55. The van der Waals surface area contributed by atoms with Crippen molar-refractivity contribution in [2.24, 2.45) is 0 Å². The lowest BCUT2D eigenvalue weighted by Gasteiger charge is -2.10. The van der Waals surface area contributed by atoms with E-state index in [0.29, 0.717) is 16.8 Å². The number of amides is 3. The maximum Gasteiger partial charge on any atom is 0.249 e. The fraction of sp³-hybridized carbons (Fsp3) is 0.190. The van der Waals surface area contributed by atoms with Gasteiger partial charge < -0.3 is 10.3 Å². The number of benzene rings is 2. The molecule has 1 aromatic heterocycles. The van der Waals surface area contributed by atoms with Crippen molar-refractivity contribution >= 4 is 28.6 Å². The van der Waals surface area contributed by atoms with E-state index < -0.39 is 41.2 Å². The van der Waals surface area contributed by atoms with E-state index in [1.807, 2.05) is 0 Å². The molecule has 1 saturated heterocycles. The molecule has 154 valence electrons. The SMILES string of the molecule is O=C1C[C@H](NC(=O)CCc2c(-c3ccc(F)cc3)[nH]c3c(F)cc(F)cc23)C(=O)N1. The summed E-state index contributed by atoms with van der Waals surface area (Å²) >= 11 is 0. The number of halogens is 3. The minimum atomic E-state index is -0.931. The summed E-state index contributed by atoms with van der Waals surface area (Å²) in [6.45, 7) is 0. The molecule has 2 heterocycles. The number of carbonyl (C=O) groups is 3. The van der Waals surface area contributed by atoms with E-state index in [2.05, 4.69) is 15.6 Å². The van der Waals surface area contributed by atoms with Crippen LogP contribution in [0.4, 0.5) is 13.2 Å². The molecule has 0 aliphatic carbocycles. The zero-order valence-corrected chi connectivity index (χ0v) is 15.5. The third-order valence-corrected chi connectivity index (χ3v) is 4.97. The first-order chi connectivity index (χ1) is 14.3. The minimum absolute atomic E-state index is 0.0758. The van der Waals surface area contributed by atoms with E-state index in [-0.39, 0.29) is 30.2 Å². The Labute approximate surface area is 168 Å². The van der Waals surface area contributed by atoms with Crippen molar-refractivity contribution in [2.45, 2.75) is 25.3 Å². The van der Waals surface area contributed by atoms with Crippen molar-refractivity contribution < 1.29 is 27.6 Å². The third kappa shape index (κ3) is 3.78. The summed E-state index contributed by atoms with van der Waals surface area (Å²) in [7, 11) is 0. The quantitative estimate of drug-likeness (QED) is 0.560. The van der Waals surface area contributed by atoms with Crippen LogP contribution in [0.3, 0.4) is 0 Å². The van der Waals surface area contributed by atoms with Crippen LogP contribution in [-0.4, -0.2) is 28.7 Å². The van der Waals surface area contributed by atoms with Gasteiger partial charge in [0.05, 0.1) is 11.9 Å². The number of hydrogen-bond donors (Lipinski definition) is 3. The van der Waals surface area contributed by atoms with E-state index in [4.69, 9.17) is 0 Å². The predicted molar refractivity (Wildman–Crippen MR) is 102 cm³/mol. The first-order valence-corrected chi connectivity index (χ1v) is 9.20. The van der Waals surface area contributed by atoms with Gasteiger partial charge in [-0.2, -0.15) is 0 Å². The van der Waals surface area contributed by atoms with Crippen LogP contribution in [-0.2, 0) is 20.8 Å². The molecule has 4 rings (SSSR count). The molecule has 3 amide bonds. The Bertz CT molecular complexity index is 1170. The van der Waals surface area contributed by atoms with Crippen LogP contribution in [0.1, 0.15) is 18.4 Å². The maximum atomic E-state index is 14.3. The van der Waals surface area contributed by atoms with E-state index >= 15 is 0 Å². The number of aromatic nitrogens is 1. The molecular weight excluding hydrogens is 399 g/mol. The molecule has 0 saturated carbocycles. The Balaban J connectivity index is 1.64. The number of aryl methyl sites for hydroxylation is 1. The summed E-state index contributed by atoms with van der Waals surface area (Å²) in [5.74, 6) is -3.52. The molecule has 3 aromatic rings. The smallest absolute Gasteiger partial charge is 0.249 e. The lowest BCUT2D eigenvalue weighted by molar-refractivity contribution is -0.128. The highest BCUT2D eigenvalue weighted by Gasteiger charge is 2.31. The number of carbonyl (C=O) groups excluding carboxylic acids is 3. The Morgan fingerprint density at radius 3 is 2.47 bits per heavy atom. The molecule has 3 N–H and O–H groups in total. The number of H-pyrrole nitrogens is 1. The standard InChI is InChI=1S/C21H16F3N3O3/c22-11-3-1-10(2-4-11)19-13(14-7-12(23)8-15(24)20(14)27-19)5-6-17(28)25-16-9-18(29)26-21(16)30/h1-4,7-8,16,27H,5-6,9H2,(H,25,28)(H,26,29,30)/t16-/m0/s1. The van der Waals surface area contributed by atoms with Gasteiger partial charge in [0.25, 0.3) is 0 Å². The average molecular weight is 415 g/mol. The molecule has 2 aromatic carbocycles. The van der Waals surface area contributed by atoms with Gasteiger partial charge >= 0.3 is 0 Å². The second-order valence-electron chi connectivity index (χ2n) is 7.03. The van der Waals surface area contributed by atoms with E-state index in [1.165, 1.54) is 24.3 Å². The minimum Gasteiger partial charge on any atom is -0.352 e. The van der Waals surface area contributed by atoms with Crippen LogP contribution < -0.4 is 10.6 Å². The summed E-state index contributed by atoms with van der Waals surface area (Å²) in [5, 5.41) is 4.85. The largest absolute Gasteiger partial charge is 0.352 e. The zero-order chi connectivity index (χ0) is 21.4. The van der Waals surface area contributed by atoms with E-state index in [1.54, 1.807) is 0 Å². The highest BCUT2D eigenvalue weighted by molar-refractivity contribution is 6.06. The summed E-state index contributed by atoms with van der Waals surface area (Å²) in [6.07, 6.45) is -0.115. The van der Waals surface area contributed by atoms with Gasteiger partial charge in [-0.05, 0) is 47.9 Å². The Kier molecular flexibility index (Phi) is 5.03. The van der Waals surface area contributed by atoms with Crippen LogP contribution in [0.15, 0.2) is 36.4 Å². The number of hydrogen-bond acceptors (Lipinski definition) is 3. The van der Waals surface area contributed by atoms with Crippen LogP contribution in [0, 0.1) is 17.5 Å². The van der Waals surface area contributed by atoms with Gasteiger partial charge in [-0.1, -0.05) is 0 Å². The van der Waals surface area contributed by atoms with Gasteiger partial charge in [0.1, 0.15) is 23.5 Å². The summed E-state index contributed by atoms with van der Waals surface area (Å²) in [4.78, 5) is 38.0.